The van der Waals surface area contributed by atoms with Gasteiger partial charge in [0.15, 0.2) is 0 Å². The van der Waals surface area contributed by atoms with Crippen LogP contribution < -0.4 is 5.32 Å². The average Bonchev–Trinajstić information content (AvgIpc) is 2.38. The van der Waals surface area contributed by atoms with E-state index >= 15 is 0 Å². The summed E-state index contributed by atoms with van der Waals surface area (Å²) >= 11 is 0. The summed E-state index contributed by atoms with van der Waals surface area (Å²) in [6.45, 7) is 0.860. The molecule has 0 amide bonds. The van der Waals surface area contributed by atoms with Crippen molar-refractivity contribution in [2.24, 2.45) is 0 Å². The lowest BCUT2D eigenvalue weighted by Gasteiger charge is -2.27. The van der Waals surface area contributed by atoms with Crippen molar-refractivity contribution in [3.8, 4) is 5.75 Å². The summed E-state index contributed by atoms with van der Waals surface area (Å²) in [5.41, 5.74) is 2.98. The normalized spacial score (nSPS) is 17.9. The van der Waals surface area contributed by atoms with Crippen LogP contribution in [0.1, 0.15) is 23.5 Å². The second-order valence-corrected chi connectivity index (χ2v) is 4.59. The van der Waals surface area contributed by atoms with Crippen LogP contribution in [0.5, 0.6) is 5.75 Å². The molecule has 0 saturated carbocycles. The Morgan fingerprint density at radius 3 is 2.89 bits per heavy atom. The molecule has 3 heteroatoms. The Hall–Kier alpha value is -2.03. The molecule has 0 radical (unpaired) electrons. The Labute approximate surface area is 105 Å². The number of anilines is 1. The van der Waals surface area contributed by atoms with E-state index in [0.29, 0.717) is 0 Å². The molecule has 2 nitrogen and oxygen atoms in total. The number of aromatic hydroxyl groups is 1. The van der Waals surface area contributed by atoms with E-state index in [1.807, 2.05) is 12.1 Å². The summed E-state index contributed by atoms with van der Waals surface area (Å²) in [7, 11) is 0. The van der Waals surface area contributed by atoms with Gasteiger partial charge >= 0.3 is 0 Å². The monoisotopic (exact) mass is 243 g/mol. The molecule has 3 rings (SSSR count). The zero-order chi connectivity index (χ0) is 12.5. The summed E-state index contributed by atoms with van der Waals surface area (Å²) in [4.78, 5) is 0. The second-order valence-electron chi connectivity index (χ2n) is 4.59. The highest BCUT2D eigenvalue weighted by Crippen LogP contribution is 2.37. The number of halogens is 1. The first-order valence-corrected chi connectivity index (χ1v) is 6.06. The summed E-state index contributed by atoms with van der Waals surface area (Å²) in [5.74, 6) is 0.177. The van der Waals surface area contributed by atoms with Gasteiger partial charge in [0, 0.05) is 18.2 Å². The predicted octanol–water partition coefficient (Wildman–Crippen LogP) is 3.48. The van der Waals surface area contributed by atoms with Crippen LogP contribution in [0, 0.1) is 5.82 Å². The highest BCUT2D eigenvalue weighted by atomic mass is 19.1. The molecule has 92 valence electrons. The third-order valence-corrected chi connectivity index (χ3v) is 3.41. The van der Waals surface area contributed by atoms with Gasteiger partial charge in [-0.3, -0.25) is 0 Å². The van der Waals surface area contributed by atoms with E-state index in [9.17, 15) is 9.50 Å². The maximum Gasteiger partial charge on any atom is 0.123 e. The Kier molecular flexibility index (Phi) is 2.67. The van der Waals surface area contributed by atoms with Crippen LogP contribution in [0.3, 0.4) is 0 Å². The minimum atomic E-state index is -0.220. The Bertz CT molecular complexity index is 582. The highest BCUT2D eigenvalue weighted by Gasteiger charge is 2.22. The largest absolute Gasteiger partial charge is 0.508 e. The summed E-state index contributed by atoms with van der Waals surface area (Å²) in [6.07, 6.45) is 0.903. The van der Waals surface area contributed by atoms with Crippen molar-refractivity contribution < 1.29 is 9.50 Å². The quantitative estimate of drug-likeness (QED) is 0.803. The van der Waals surface area contributed by atoms with E-state index < -0.39 is 0 Å². The first kappa shape index (κ1) is 11.1. The number of nitrogens with one attached hydrogen (secondary N) is 1. The third-order valence-electron chi connectivity index (χ3n) is 3.41. The standard InChI is InChI=1S/C15H14FNO/c16-11-4-5-15-14(9-11)13(6-7-17-15)10-2-1-3-12(18)8-10/h1-5,8-9,13,17-18H,6-7H2. The van der Waals surface area contributed by atoms with E-state index in [2.05, 4.69) is 5.32 Å². The topological polar surface area (TPSA) is 32.3 Å². The van der Waals surface area contributed by atoms with Crippen LogP contribution in [0.25, 0.3) is 0 Å². The SMILES string of the molecule is Oc1cccc(C2CCNc3ccc(F)cc32)c1. The van der Waals surface area contributed by atoms with Crippen molar-refractivity contribution in [2.75, 3.05) is 11.9 Å². The number of hydrogen-bond acceptors (Lipinski definition) is 2. The fourth-order valence-corrected chi connectivity index (χ4v) is 2.58. The fourth-order valence-electron chi connectivity index (χ4n) is 2.58. The van der Waals surface area contributed by atoms with Crippen LogP contribution in [-0.4, -0.2) is 11.7 Å². The van der Waals surface area contributed by atoms with Gasteiger partial charge in [-0.2, -0.15) is 0 Å². The Morgan fingerprint density at radius 2 is 2.06 bits per heavy atom. The highest BCUT2D eigenvalue weighted by molar-refractivity contribution is 5.57. The molecule has 0 spiro atoms. The lowest BCUT2D eigenvalue weighted by Crippen LogP contribution is -2.17. The molecule has 0 bridgehead atoms. The predicted molar refractivity (Wildman–Crippen MR) is 69.5 cm³/mol. The van der Waals surface area contributed by atoms with Crippen LogP contribution >= 0.6 is 0 Å². The van der Waals surface area contributed by atoms with Gasteiger partial charge in [0.1, 0.15) is 11.6 Å². The van der Waals surface area contributed by atoms with Gasteiger partial charge in [-0.25, -0.2) is 4.39 Å². The van der Waals surface area contributed by atoms with Crippen molar-refractivity contribution >= 4 is 5.69 Å². The zero-order valence-electron chi connectivity index (χ0n) is 9.86. The molecule has 1 unspecified atom stereocenters. The molecule has 18 heavy (non-hydrogen) atoms. The van der Waals surface area contributed by atoms with Crippen molar-refractivity contribution in [3.05, 3.63) is 59.4 Å². The van der Waals surface area contributed by atoms with Gasteiger partial charge in [-0.05, 0) is 47.9 Å². The van der Waals surface area contributed by atoms with Crippen LogP contribution in [0.2, 0.25) is 0 Å². The number of hydrogen-bond donors (Lipinski definition) is 2. The molecule has 0 aromatic heterocycles. The van der Waals surface area contributed by atoms with Gasteiger partial charge in [-0.1, -0.05) is 12.1 Å². The van der Waals surface area contributed by atoms with E-state index in [-0.39, 0.29) is 17.5 Å². The van der Waals surface area contributed by atoms with Gasteiger partial charge in [0.2, 0.25) is 0 Å². The summed E-state index contributed by atoms with van der Waals surface area (Å²) < 4.78 is 13.4. The van der Waals surface area contributed by atoms with Crippen molar-refractivity contribution in [1.29, 1.82) is 0 Å². The molecule has 1 aliphatic heterocycles. The van der Waals surface area contributed by atoms with Crippen LogP contribution in [0.4, 0.5) is 10.1 Å². The molecule has 0 aliphatic carbocycles. The molecule has 2 N–H and O–H groups in total. The van der Waals surface area contributed by atoms with Crippen molar-refractivity contribution in [2.45, 2.75) is 12.3 Å². The van der Waals surface area contributed by atoms with E-state index in [1.165, 1.54) is 6.07 Å². The molecular formula is C15H14FNO. The Morgan fingerprint density at radius 1 is 1.17 bits per heavy atom. The first-order chi connectivity index (χ1) is 8.74. The number of fused-ring (bicyclic) bond motifs is 1. The van der Waals surface area contributed by atoms with E-state index in [0.717, 1.165) is 29.8 Å². The Balaban J connectivity index is 2.08. The van der Waals surface area contributed by atoms with Gasteiger partial charge < -0.3 is 10.4 Å². The molecule has 1 atom stereocenters. The van der Waals surface area contributed by atoms with Crippen molar-refractivity contribution in [3.63, 3.8) is 0 Å². The van der Waals surface area contributed by atoms with Gasteiger partial charge in [0.25, 0.3) is 0 Å². The summed E-state index contributed by atoms with van der Waals surface area (Å²) in [5, 5.41) is 12.8. The van der Waals surface area contributed by atoms with Crippen LogP contribution in [-0.2, 0) is 0 Å². The van der Waals surface area contributed by atoms with Gasteiger partial charge in [-0.15, -0.1) is 0 Å². The molecule has 1 aliphatic rings. The smallest absolute Gasteiger partial charge is 0.123 e. The third kappa shape index (κ3) is 1.92. The molecular weight excluding hydrogens is 229 g/mol. The van der Waals surface area contributed by atoms with E-state index in [1.54, 1.807) is 24.3 Å². The molecule has 2 aromatic rings. The minimum Gasteiger partial charge on any atom is -0.508 e. The van der Waals surface area contributed by atoms with Crippen molar-refractivity contribution in [1.82, 2.24) is 0 Å². The number of rotatable bonds is 1. The van der Waals surface area contributed by atoms with Crippen LogP contribution in [0.15, 0.2) is 42.5 Å². The molecule has 0 fully saturated rings. The zero-order valence-corrected chi connectivity index (χ0v) is 9.86. The molecule has 1 heterocycles. The molecule has 2 aromatic carbocycles. The minimum absolute atomic E-state index is 0.143. The average molecular weight is 243 g/mol. The van der Waals surface area contributed by atoms with Gasteiger partial charge in [0.05, 0.1) is 0 Å². The first-order valence-electron chi connectivity index (χ1n) is 6.06. The maximum atomic E-state index is 13.4. The summed E-state index contributed by atoms with van der Waals surface area (Å²) in [6, 6.07) is 12.0. The molecule has 0 saturated heterocycles. The second kappa shape index (κ2) is 4.33. The number of benzene rings is 2. The lowest BCUT2D eigenvalue weighted by molar-refractivity contribution is 0.474. The number of phenolic OH excluding ortho intramolecular Hbond substituents is 1. The fraction of sp³-hybridized carbons (Fsp3) is 0.200. The lowest BCUT2D eigenvalue weighted by atomic mass is 9.85. The maximum absolute atomic E-state index is 13.4. The number of phenols is 1. The van der Waals surface area contributed by atoms with E-state index in [4.69, 9.17) is 0 Å².